The summed E-state index contributed by atoms with van der Waals surface area (Å²) in [7, 11) is 0. The number of hydrogen-bond donors (Lipinski definition) is 0. The summed E-state index contributed by atoms with van der Waals surface area (Å²) < 4.78 is 18.7. The molecule has 0 amide bonds. The van der Waals surface area contributed by atoms with E-state index in [-0.39, 0.29) is 11.5 Å². The monoisotopic (exact) mass is 334 g/mol. The van der Waals surface area contributed by atoms with E-state index in [9.17, 15) is 19.8 Å². The van der Waals surface area contributed by atoms with E-state index in [4.69, 9.17) is 4.42 Å². The van der Waals surface area contributed by atoms with Gasteiger partial charge in [0.25, 0.3) is 5.69 Å². The van der Waals surface area contributed by atoms with Crippen molar-refractivity contribution in [1.29, 1.82) is 5.26 Å². The number of nitrogens with zero attached hydrogens (tertiary/aromatic N) is 2. The Balaban J connectivity index is 1.93. The minimum Gasteiger partial charge on any atom is -0.457 e. The molecule has 1 heterocycles. The van der Waals surface area contributed by atoms with E-state index < -0.39 is 4.92 Å². The van der Waals surface area contributed by atoms with E-state index in [1.54, 1.807) is 24.3 Å². The number of furan rings is 1. The Morgan fingerprint density at radius 1 is 1.16 bits per heavy atom. The lowest BCUT2D eigenvalue weighted by Crippen LogP contribution is -1.87. The van der Waals surface area contributed by atoms with E-state index >= 15 is 0 Å². The maximum atomic E-state index is 13.0. The molecule has 0 unspecified atom stereocenters. The minimum absolute atomic E-state index is 0.0324. The molecular weight excluding hydrogens is 323 g/mol. The number of allylic oxidation sites excluding steroid dienone is 1. The normalized spacial score (nSPS) is 11.1. The molecule has 0 bridgehead atoms. The van der Waals surface area contributed by atoms with Crippen LogP contribution in [0, 0.1) is 27.3 Å². The summed E-state index contributed by atoms with van der Waals surface area (Å²) >= 11 is 0. The highest BCUT2D eigenvalue weighted by Gasteiger charge is 2.10. The molecule has 1 aromatic heterocycles. The smallest absolute Gasteiger partial charge is 0.270 e. The minimum atomic E-state index is -0.477. The first-order chi connectivity index (χ1) is 12.1. The molecule has 25 heavy (non-hydrogen) atoms. The van der Waals surface area contributed by atoms with Crippen LogP contribution in [0.5, 0.6) is 0 Å². The average Bonchev–Trinajstić information content (AvgIpc) is 3.09. The second kappa shape index (κ2) is 6.81. The van der Waals surface area contributed by atoms with Gasteiger partial charge < -0.3 is 4.42 Å². The van der Waals surface area contributed by atoms with Crippen LogP contribution in [0.2, 0.25) is 0 Å². The number of nitro benzene ring substituents is 1. The number of benzene rings is 2. The van der Waals surface area contributed by atoms with Gasteiger partial charge in [-0.15, -0.1) is 0 Å². The van der Waals surface area contributed by atoms with Crippen LogP contribution in [0.4, 0.5) is 10.1 Å². The van der Waals surface area contributed by atoms with Crippen LogP contribution < -0.4 is 0 Å². The van der Waals surface area contributed by atoms with E-state index in [0.717, 1.165) is 0 Å². The second-order valence-corrected chi connectivity index (χ2v) is 5.19. The fourth-order valence-corrected chi connectivity index (χ4v) is 2.31. The van der Waals surface area contributed by atoms with E-state index in [0.29, 0.717) is 28.2 Å². The topological polar surface area (TPSA) is 80.1 Å². The predicted octanol–water partition coefficient (Wildman–Crippen LogP) is 5.06. The van der Waals surface area contributed by atoms with Gasteiger partial charge >= 0.3 is 0 Å². The van der Waals surface area contributed by atoms with Gasteiger partial charge in [0.05, 0.1) is 16.6 Å². The predicted molar refractivity (Wildman–Crippen MR) is 90.7 cm³/mol. The highest BCUT2D eigenvalue weighted by atomic mass is 19.1. The SMILES string of the molecule is N#CC(=Cc1ccc(-c2cccc([N+](=O)[O-])c2)o1)c1ccc(F)cc1. The van der Waals surface area contributed by atoms with Gasteiger partial charge in [-0.1, -0.05) is 24.3 Å². The summed E-state index contributed by atoms with van der Waals surface area (Å²) in [5.41, 5.74) is 1.42. The molecule has 0 N–H and O–H groups in total. The highest BCUT2D eigenvalue weighted by Crippen LogP contribution is 2.27. The van der Waals surface area contributed by atoms with Crippen LogP contribution in [0.25, 0.3) is 23.0 Å². The number of hydrogen-bond acceptors (Lipinski definition) is 4. The van der Waals surface area contributed by atoms with Gasteiger partial charge in [0.15, 0.2) is 0 Å². The number of nitro groups is 1. The molecule has 3 rings (SSSR count). The van der Waals surface area contributed by atoms with Crippen molar-refractivity contribution in [2.75, 3.05) is 0 Å². The molecule has 122 valence electrons. The first-order valence-corrected chi connectivity index (χ1v) is 7.29. The van der Waals surface area contributed by atoms with Crippen molar-refractivity contribution in [3.05, 3.63) is 87.9 Å². The maximum absolute atomic E-state index is 13.0. The van der Waals surface area contributed by atoms with Crippen molar-refractivity contribution in [3.63, 3.8) is 0 Å². The summed E-state index contributed by atoms with van der Waals surface area (Å²) in [5.74, 6) is 0.487. The van der Waals surface area contributed by atoms with Crippen molar-refractivity contribution in [2.24, 2.45) is 0 Å². The molecule has 0 atom stereocenters. The molecule has 5 nitrogen and oxygen atoms in total. The van der Waals surface area contributed by atoms with Crippen LogP contribution in [0.1, 0.15) is 11.3 Å². The Kier molecular flexibility index (Phi) is 4.40. The Bertz CT molecular complexity index is 998. The van der Waals surface area contributed by atoms with Crippen molar-refractivity contribution < 1.29 is 13.7 Å². The number of non-ortho nitro benzene ring substituents is 1. The number of rotatable bonds is 4. The molecule has 0 spiro atoms. The van der Waals surface area contributed by atoms with E-state index in [2.05, 4.69) is 0 Å². The summed E-state index contributed by atoms with van der Waals surface area (Å²) in [6, 6.07) is 17.0. The van der Waals surface area contributed by atoms with Gasteiger partial charge in [0, 0.05) is 17.7 Å². The van der Waals surface area contributed by atoms with Gasteiger partial charge in [-0.2, -0.15) is 5.26 Å². The summed E-state index contributed by atoms with van der Waals surface area (Å²) in [6.45, 7) is 0. The molecule has 0 aliphatic heterocycles. The van der Waals surface area contributed by atoms with Gasteiger partial charge in [0.1, 0.15) is 17.3 Å². The molecule has 0 aliphatic carbocycles. The average molecular weight is 334 g/mol. The fraction of sp³-hybridized carbons (Fsp3) is 0. The quantitative estimate of drug-likeness (QED) is 0.379. The molecular formula is C19H11FN2O3. The highest BCUT2D eigenvalue weighted by molar-refractivity contribution is 5.88. The van der Waals surface area contributed by atoms with Crippen molar-refractivity contribution in [3.8, 4) is 17.4 Å². The van der Waals surface area contributed by atoms with Gasteiger partial charge in [-0.25, -0.2) is 4.39 Å². The van der Waals surface area contributed by atoms with E-state index in [1.807, 2.05) is 6.07 Å². The first kappa shape index (κ1) is 16.1. The van der Waals surface area contributed by atoms with Crippen LogP contribution >= 0.6 is 0 Å². The van der Waals surface area contributed by atoms with Crippen LogP contribution in [-0.4, -0.2) is 4.92 Å². The summed E-state index contributed by atoms with van der Waals surface area (Å²) in [6.07, 6.45) is 1.54. The molecule has 2 aromatic carbocycles. The molecule has 6 heteroatoms. The van der Waals surface area contributed by atoms with Crippen molar-refractivity contribution in [1.82, 2.24) is 0 Å². The third kappa shape index (κ3) is 3.62. The molecule has 0 saturated heterocycles. The van der Waals surface area contributed by atoms with Gasteiger partial charge in [-0.05, 0) is 35.9 Å². The Hall–Kier alpha value is -3.72. The maximum Gasteiger partial charge on any atom is 0.270 e. The van der Waals surface area contributed by atoms with Crippen LogP contribution in [0.15, 0.2) is 65.1 Å². The Labute approximate surface area is 142 Å². The molecule has 0 fully saturated rings. The third-order valence-electron chi connectivity index (χ3n) is 3.53. The zero-order valence-corrected chi connectivity index (χ0v) is 12.8. The van der Waals surface area contributed by atoms with Crippen LogP contribution in [0.3, 0.4) is 0 Å². The number of nitriles is 1. The second-order valence-electron chi connectivity index (χ2n) is 5.19. The summed E-state index contributed by atoms with van der Waals surface area (Å²) in [4.78, 5) is 10.4. The molecule has 3 aromatic rings. The standard InChI is InChI=1S/C19H11FN2O3/c20-16-6-4-13(5-7-16)15(12-21)11-18-8-9-19(25-18)14-2-1-3-17(10-14)22(23)24/h1-11H. The Morgan fingerprint density at radius 2 is 1.92 bits per heavy atom. The molecule has 0 aliphatic rings. The zero-order chi connectivity index (χ0) is 17.8. The largest absolute Gasteiger partial charge is 0.457 e. The zero-order valence-electron chi connectivity index (χ0n) is 12.8. The van der Waals surface area contributed by atoms with Crippen molar-refractivity contribution in [2.45, 2.75) is 0 Å². The lowest BCUT2D eigenvalue weighted by Gasteiger charge is -1.99. The lowest BCUT2D eigenvalue weighted by molar-refractivity contribution is -0.384. The number of halogens is 1. The summed E-state index contributed by atoms with van der Waals surface area (Å²) in [5, 5.41) is 20.2. The Morgan fingerprint density at radius 3 is 2.60 bits per heavy atom. The molecule has 0 saturated carbocycles. The van der Waals surface area contributed by atoms with Crippen molar-refractivity contribution >= 4 is 17.3 Å². The first-order valence-electron chi connectivity index (χ1n) is 7.29. The van der Waals surface area contributed by atoms with Gasteiger partial charge in [0.2, 0.25) is 0 Å². The third-order valence-corrected chi connectivity index (χ3v) is 3.53. The van der Waals surface area contributed by atoms with E-state index in [1.165, 1.54) is 42.5 Å². The lowest BCUT2D eigenvalue weighted by atomic mass is 10.1. The van der Waals surface area contributed by atoms with Gasteiger partial charge in [-0.3, -0.25) is 10.1 Å². The molecule has 0 radical (unpaired) electrons. The fourth-order valence-electron chi connectivity index (χ4n) is 2.31. The van der Waals surface area contributed by atoms with Crippen LogP contribution in [-0.2, 0) is 0 Å².